The lowest BCUT2D eigenvalue weighted by Gasteiger charge is -2.15. The van der Waals surface area contributed by atoms with Crippen molar-refractivity contribution in [2.24, 2.45) is 5.73 Å². The molecule has 0 fully saturated rings. The van der Waals surface area contributed by atoms with E-state index in [1.165, 1.54) is 21.3 Å². The summed E-state index contributed by atoms with van der Waals surface area (Å²) in [5, 5.41) is 2.81. The highest BCUT2D eigenvalue weighted by Crippen LogP contribution is 2.38. The average Bonchev–Trinajstić information content (AvgIpc) is 2.51. The Morgan fingerprint density at radius 1 is 1.19 bits per heavy atom. The van der Waals surface area contributed by atoms with Crippen molar-refractivity contribution in [1.29, 1.82) is 0 Å². The van der Waals surface area contributed by atoms with Gasteiger partial charge in [0.25, 0.3) is 5.91 Å². The second-order valence-electron chi connectivity index (χ2n) is 4.67. The van der Waals surface area contributed by atoms with Crippen molar-refractivity contribution in [2.45, 2.75) is 25.8 Å². The number of nitrogens with two attached hydrogens (primary N) is 1. The van der Waals surface area contributed by atoms with Crippen LogP contribution in [-0.2, 0) is 0 Å². The Morgan fingerprint density at radius 3 is 2.19 bits per heavy atom. The molecule has 0 aromatic heterocycles. The maximum Gasteiger partial charge on any atom is 0.251 e. The molecule has 21 heavy (non-hydrogen) atoms. The minimum Gasteiger partial charge on any atom is -0.493 e. The Kier molecular flexibility index (Phi) is 6.81. The highest BCUT2D eigenvalue weighted by molar-refractivity contribution is 5.95. The molecule has 0 saturated carbocycles. The van der Waals surface area contributed by atoms with Gasteiger partial charge in [0.1, 0.15) is 0 Å². The lowest BCUT2D eigenvalue weighted by atomic mass is 10.1. The summed E-state index contributed by atoms with van der Waals surface area (Å²) in [6, 6.07) is 3.19. The van der Waals surface area contributed by atoms with Crippen LogP contribution in [0.5, 0.6) is 17.2 Å². The standard InChI is InChI=1S/C15H24N2O4/c1-5-6-11(16)9-17-15(18)10-7-12(19-2)14(21-4)13(8-10)20-3/h7-8,11H,5-6,9,16H2,1-4H3,(H,17,18). The van der Waals surface area contributed by atoms with Crippen LogP contribution in [0.15, 0.2) is 12.1 Å². The highest BCUT2D eigenvalue weighted by Gasteiger charge is 2.17. The maximum atomic E-state index is 12.2. The highest BCUT2D eigenvalue weighted by atomic mass is 16.5. The van der Waals surface area contributed by atoms with E-state index in [0.717, 1.165) is 12.8 Å². The molecular weight excluding hydrogens is 272 g/mol. The third kappa shape index (κ3) is 4.53. The zero-order valence-corrected chi connectivity index (χ0v) is 13.1. The molecule has 0 heterocycles. The Hall–Kier alpha value is -1.95. The van der Waals surface area contributed by atoms with Crippen molar-refractivity contribution >= 4 is 5.91 Å². The monoisotopic (exact) mass is 296 g/mol. The first kappa shape index (κ1) is 17.1. The van der Waals surface area contributed by atoms with Gasteiger partial charge in [0.05, 0.1) is 21.3 Å². The van der Waals surface area contributed by atoms with Crippen molar-refractivity contribution in [3.8, 4) is 17.2 Å². The van der Waals surface area contributed by atoms with E-state index in [1.807, 2.05) is 0 Å². The first-order chi connectivity index (χ1) is 10.1. The van der Waals surface area contributed by atoms with Crippen LogP contribution in [0.1, 0.15) is 30.1 Å². The summed E-state index contributed by atoms with van der Waals surface area (Å²) in [5.41, 5.74) is 6.32. The van der Waals surface area contributed by atoms with Gasteiger partial charge in [0.15, 0.2) is 11.5 Å². The van der Waals surface area contributed by atoms with Gasteiger partial charge >= 0.3 is 0 Å². The largest absolute Gasteiger partial charge is 0.493 e. The quantitative estimate of drug-likeness (QED) is 0.761. The molecule has 0 aliphatic heterocycles. The van der Waals surface area contributed by atoms with Crippen molar-refractivity contribution in [3.05, 3.63) is 17.7 Å². The summed E-state index contributed by atoms with van der Waals surface area (Å²) >= 11 is 0. The second-order valence-corrected chi connectivity index (χ2v) is 4.67. The summed E-state index contributed by atoms with van der Waals surface area (Å²) in [6.07, 6.45) is 1.86. The predicted octanol–water partition coefficient (Wildman–Crippen LogP) is 1.57. The van der Waals surface area contributed by atoms with Crippen molar-refractivity contribution < 1.29 is 19.0 Å². The van der Waals surface area contributed by atoms with Gasteiger partial charge in [0.2, 0.25) is 5.75 Å². The molecule has 0 radical (unpaired) electrons. The van der Waals surface area contributed by atoms with Gasteiger partial charge in [-0.3, -0.25) is 4.79 Å². The van der Waals surface area contributed by atoms with Crippen LogP contribution in [0.4, 0.5) is 0 Å². The smallest absolute Gasteiger partial charge is 0.251 e. The average molecular weight is 296 g/mol. The van der Waals surface area contributed by atoms with E-state index in [4.69, 9.17) is 19.9 Å². The summed E-state index contributed by atoms with van der Waals surface area (Å²) in [6.45, 7) is 2.49. The number of benzene rings is 1. The molecule has 1 rings (SSSR count). The Morgan fingerprint density at radius 2 is 1.76 bits per heavy atom. The van der Waals surface area contributed by atoms with Crippen molar-refractivity contribution in [3.63, 3.8) is 0 Å². The third-order valence-electron chi connectivity index (χ3n) is 3.11. The number of hydrogen-bond acceptors (Lipinski definition) is 5. The van der Waals surface area contributed by atoms with Crippen LogP contribution in [0.3, 0.4) is 0 Å². The summed E-state index contributed by atoms with van der Waals surface area (Å²) < 4.78 is 15.7. The number of carbonyl (C=O) groups is 1. The van der Waals surface area contributed by atoms with Gasteiger partial charge in [-0.2, -0.15) is 0 Å². The molecular formula is C15H24N2O4. The number of nitrogens with one attached hydrogen (secondary N) is 1. The lowest BCUT2D eigenvalue weighted by Crippen LogP contribution is -2.37. The number of hydrogen-bond donors (Lipinski definition) is 2. The van der Waals surface area contributed by atoms with Crippen LogP contribution < -0.4 is 25.3 Å². The van der Waals surface area contributed by atoms with E-state index in [1.54, 1.807) is 12.1 Å². The molecule has 0 spiro atoms. The number of ether oxygens (including phenoxy) is 3. The minimum absolute atomic E-state index is 0.0408. The van der Waals surface area contributed by atoms with E-state index in [2.05, 4.69) is 12.2 Å². The molecule has 118 valence electrons. The predicted molar refractivity (Wildman–Crippen MR) is 81.3 cm³/mol. The van der Waals surface area contributed by atoms with E-state index in [0.29, 0.717) is 29.4 Å². The van der Waals surface area contributed by atoms with Gasteiger partial charge in [-0.1, -0.05) is 13.3 Å². The molecule has 0 bridgehead atoms. The van der Waals surface area contributed by atoms with E-state index in [9.17, 15) is 4.79 Å². The van der Waals surface area contributed by atoms with Gasteiger partial charge in [-0.25, -0.2) is 0 Å². The molecule has 0 aliphatic rings. The Labute approximate surface area is 125 Å². The summed E-state index contributed by atoms with van der Waals surface area (Å²) in [5.74, 6) is 1.12. The van der Waals surface area contributed by atoms with Gasteiger partial charge < -0.3 is 25.3 Å². The SMILES string of the molecule is CCCC(N)CNC(=O)c1cc(OC)c(OC)c(OC)c1. The Balaban J connectivity index is 2.89. The van der Waals surface area contributed by atoms with Crippen LogP contribution in [0.25, 0.3) is 0 Å². The molecule has 1 aromatic carbocycles. The van der Waals surface area contributed by atoms with Crippen LogP contribution >= 0.6 is 0 Å². The molecule has 1 atom stereocenters. The fourth-order valence-corrected chi connectivity index (χ4v) is 2.01. The van der Waals surface area contributed by atoms with Crippen LogP contribution in [0, 0.1) is 0 Å². The minimum atomic E-state index is -0.221. The molecule has 6 nitrogen and oxygen atoms in total. The Bertz CT molecular complexity index is 452. The molecule has 1 amide bonds. The van der Waals surface area contributed by atoms with Gasteiger partial charge in [0, 0.05) is 18.2 Å². The van der Waals surface area contributed by atoms with Gasteiger partial charge in [-0.15, -0.1) is 0 Å². The topological polar surface area (TPSA) is 82.8 Å². The van der Waals surface area contributed by atoms with Crippen molar-refractivity contribution in [2.75, 3.05) is 27.9 Å². The fraction of sp³-hybridized carbons (Fsp3) is 0.533. The number of amides is 1. The molecule has 1 aromatic rings. The molecule has 0 saturated heterocycles. The first-order valence-electron chi connectivity index (χ1n) is 6.91. The van der Waals surface area contributed by atoms with Crippen LogP contribution in [0.2, 0.25) is 0 Å². The van der Waals surface area contributed by atoms with E-state index >= 15 is 0 Å². The second kappa shape index (κ2) is 8.36. The zero-order valence-electron chi connectivity index (χ0n) is 13.1. The normalized spacial score (nSPS) is 11.7. The lowest BCUT2D eigenvalue weighted by molar-refractivity contribution is 0.0950. The number of rotatable bonds is 8. The van der Waals surface area contributed by atoms with Crippen LogP contribution in [-0.4, -0.2) is 39.8 Å². The van der Waals surface area contributed by atoms with Gasteiger partial charge in [-0.05, 0) is 18.6 Å². The van der Waals surface area contributed by atoms with E-state index in [-0.39, 0.29) is 11.9 Å². The molecule has 1 unspecified atom stereocenters. The molecule has 6 heteroatoms. The number of carbonyl (C=O) groups excluding carboxylic acids is 1. The maximum absolute atomic E-state index is 12.2. The molecule has 0 aliphatic carbocycles. The molecule has 3 N–H and O–H groups in total. The third-order valence-corrected chi connectivity index (χ3v) is 3.11. The summed E-state index contributed by atoms with van der Waals surface area (Å²) in [7, 11) is 4.54. The van der Waals surface area contributed by atoms with E-state index < -0.39 is 0 Å². The zero-order chi connectivity index (χ0) is 15.8. The fourth-order valence-electron chi connectivity index (χ4n) is 2.01. The van der Waals surface area contributed by atoms with Crippen molar-refractivity contribution in [1.82, 2.24) is 5.32 Å². The number of methoxy groups -OCH3 is 3. The first-order valence-corrected chi connectivity index (χ1v) is 6.91. The summed E-state index contributed by atoms with van der Waals surface area (Å²) in [4.78, 5) is 12.2.